The quantitative estimate of drug-likeness (QED) is 0.370. The Morgan fingerprint density at radius 2 is 1.89 bits per heavy atom. The standard InChI is InChI=1S/C20H22N2O3S3/c1-12-21-15(20(23)22(12)2)9-14-11-17-19(27-14)18-16(28-17)10-13(26-18)5-4-6-25-8-7-24-3/h9-11H,4-8H2,1-3H3/b15-9-. The first-order valence-electron chi connectivity index (χ1n) is 9.13. The molecule has 0 aliphatic carbocycles. The van der Waals surface area contributed by atoms with E-state index < -0.39 is 0 Å². The van der Waals surface area contributed by atoms with E-state index in [0.717, 1.165) is 30.2 Å². The van der Waals surface area contributed by atoms with E-state index in [1.807, 2.05) is 35.7 Å². The maximum absolute atomic E-state index is 12.2. The summed E-state index contributed by atoms with van der Waals surface area (Å²) in [6, 6.07) is 4.48. The Morgan fingerprint density at radius 1 is 1.11 bits per heavy atom. The van der Waals surface area contributed by atoms with Crippen LogP contribution in [0.3, 0.4) is 0 Å². The smallest absolute Gasteiger partial charge is 0.277 e. The number of amidine groups is 1. The third-order valence-electron chi connectivity index (χ3n) is 4.61. The summed E-state index contributed by atoms with van der Waals surface area (Å²) in [6.45, 7) is 3.93. The zero-order chi connectivity index (χ0) is 19.7. The maximum Gasteiger partial charge on any atom is 0.277 e. The second-order valence-corrected chi connectivity index (χ2v) is 9.92. The lowest BCUT2D eigenvalue weighted by atomic mass is 10.3. The maximum atomic E-state index is 12.2. The topological polar surface area (TPSA) is 51.1 Å². The molecule has 4 rings (SSSR count). The average Bonchev–Trinajstić information content (AvgIpc) is 3.37. The lowest BCUT2D eigenvalue weighted by molar-refractivity contribution is -0.121. The van der Waals surface area contributed by atoms with Gasteiger partial charge in [-0.25, -0.2) is 4.99 Å². The molecule has 3 aromatic rings. The highest BCUT2D eigenvalue weighted by Crippen LogP contribution is 2.44. The Hall–Kier alpha value is -1.58. The van der Waals surface area contributed by atoms with E-state index in [1.54, 1.807) is 30.4 Å². The van der Waals surface area contributed by atoms with E-state index in [-0.39, 0.29) is 5.91 Å². The number of aryl methyl sites for hydroxylation is 1. The molecular weight excluding hydrogens is 412 g/mol. The first-order valence-corrected chi connectivity index (χ1v) is 11.6. The molecule has 3 aromatic heterocycles. The Balaban J connectivity index is 1.48. The van der Waals surface area contributed by atoms with Crippen molar-refractivity contribution in [3.63, 3.8) is 0 Å². The largest absolute Gasteiger partial charge is 0.382 e. The zero-order valence-electron chi connectivity index (χ0n) is 16.1. The Bertz CT molecular complexity index is 1070. The van der Waals surface area contributed by atoms with Crippen LogP contribution >= 0.6 is 34.0 Å². The van der Waals surface area contributed by atoms with Crippen LogP contribution < -0.4 is 0 Å². The molecule has 1 aliphatic rings. The Kier molecular flexibility index (Phi) is 5.93. The molecule has 0 unspecified atom stereocenters. The van der Waals surface area contributed by atoms with Crippen LogP contribution in [0.4, 0.5) is 0 Å². The van der Waals surface area contributed by atoms with Gasteiger partial charge in [0, 0.05) is 39.9 Å². The monoisotopic (exact) mass is 434 g/mol. The molecule has 0 radical (unpaired) electrons. The number of hydrogen-bond donors (Lipinski definition) is 0. The number of hydrogen-bond acceptors (Lipinski definition) is 7. The van der Waals surface area contributed by atoms with Crippen molar-refractivity contribution in [3.05, 3.63) is 27.6 Å². The molecule has 5 nitrogen and oxygen atoms in total. The van der Waals surface area contributed by atoms with Gasteiger partial charge in [-0.3, -0.25) is 9.69 Å². The Morgan fingerprint density at radius 3 is 2.64 bits per heavy atom. The molecule has 4 heterocycles. The summed E-state index contributed by atoms with van der Waals surface area (Å²) in [5.41, 5.74) is 0.519. The van der Waals surface area contributed by atoms with Crippen molar-refractivity contribution < 1.29 is 14.3 Å². The molecule has 1 aliphatic heterocycles. The number of amides is 1. The molecule has 8 heteroatoms. The SMILES string of the molecule is COCCOCCCc1cc2sc3cc(/C=C4\N=C(C)N(C)C4=O)sc3c2s1. The van der Waals surface area contributed by atoms with Gasteiger partial charge in [0.25, 0.3) is 5.91 Å². The third-order valence-corrected chi connectivity index (χ3v) is 8.39. The van der Waals surface area contributed by atoms with Gasteiger partial charge in [0.1, 0.15) is 11.5 Å². The second kappa shape index (κ2) is 8.42. The fourth-order valence-corrected chi connectivity index (χ4v) is 7.07. The van der Waals surface area contributed by atoms with Crippen LogP contribution in [-0.2, 0) is 20.7 Å². The van der Waals surface area contributed by atoms with Gasteiger partial charge < -0.3 is 9.47 Å². The summed E-state index contributed by atoms with van der Waals surface area (Å²) < 4.78 is 15.8. The first-order chi connectivity index (χ1) is 13.6. The number of ether oxygens (including phenoxy) is 2. The van der Waals surface area contributed by atoms with E-state index in [2.05, 4.69) is 17.1 Å². The number of rotatable bonds is 8. The highest BCUT2D eigenvalue weighted by molar-refractivity contribution is 7.38. The van der Waals surface area contributed by atoms with Crippen LogP contribution in [-0.4, -0.2) is 50.6 Å². The number of nitrogens with zero attached hydrogens (tertiary/aromatic N) is 2. The van der Waals surface area contributed by atoms with Crippen molar-refractivity contribution >= 4 is 70.6 Å². The number of carbonyl (C=O) groups excluding carboxylic acids is 1. The van der Waals surface area contributed by atoms with Crippen molar-refractivity contribution in [3.8, 4) is 0 Å². The number of thiophene rings is 3. The predicted molar refractivity (Wildman–Crippen MR) is 120 cm³/mol. The molecule has 0 N–H and O–H groups in total. The number of likely N-dealkylation sites (N-methyl/N-ethyl adjacent to an activating group) is 1. The normalized spacial score (nSPS) is 16.2. The molecule has 0 bridgehead atoms. The number of fused-ring (bicyclic) bond motifs is 3. The molecule has 0 spiro atoms. The summed E-state index contributed by atoms with van der Waals surface area (Å²) in [7, 11) is 3.45. The van der Waals surface area contributed by atoms with Crippen molar-refractivity contribution in [1.82, 2.24) is 4.90 Å². The van der Waals surface area contributed by atoms with Gasteiger partial charge in [-0.15, -0.1) is 34.0 Å². The van der Waals surface area contributed by atoms with Gasteiger partial charge >= 0.3 is 0 Å². The summed E-state index contributed by atoms with van der Waals surface area (Å²) in [5, 5.41) is 0. The average molecular weight is 435 g/mol. The molecule has 0 aromatic carbocycles. The fourth-order valence-electron chi connectivity index (χ4n) is 3.03. The van der Waals surface area contributed by atoms with Gasteiger partial charge in [-0.1, -0.05) is 0 Å². The van der Waals surface area contributed by atoms with Crippen LogP contribution in [0, 0.1) is 0 Å². The minimum Gasteiger partial charge on any atom is -0.382 e. The van der Waals surface area contributed by atoms with Gasteiger partial charge in [0.05, 0.1) is 22.6 Å². The summed E-state index contributed by atoms with van der Waals surface area (Å²) >= 11 is 5.44. The van der Waals surface area contributed by atoms with Crippen LogP contribution in [0.5, 0.6) is 0 Å². The van der Waals surface area contributed by atoms with Crippen LogP contribution in [0.15, 0.2) is 22.8 Å². The highest BCUT2D eigenvalue weighted by atomic mass is 32.1. The van der Waals surface area contributed by atoms with E-state index in [9.17, 15) is 4.79 Å². The molecule has 28 heavy (non-hydrogen) atoms. The molecule has 0 fully saturated rings. The van der Waals surface area contributed by atoms with Gasteiger partial charge in [0.15, 0.2) is 0 Å². The van der Waals surface area contributed by atoms with Crippen LogP contribution in [0.25, 0.3) is 24.9 Å². The summed E-state index contributed by atoms with van der Waals surface area (Å²) in [4.78, 5) is 20.7. The van der Waals surface area contributed by atoms with E-state index in [4.69, 9.17) is 9.47 Å². The molecule has 148 valence electrons. The molecule has 1 amide bonds. The Labute approximate surface area is 175 Å². The van der Waals surface area contributed by atoms with E-state index in [1.165, 1.54) is 23.7 Å². The molecular formula is C20H22N2O3S3. The van der Waals surface area contributed by atoms with Crippen LogP contribution in [0.2, 0.25) is 0 Å². The highest BCUT2D eigenvalue weighted by Gasteiger charge is 2.24. The van der Waals surface area contributed by atoms with Crippen molar-refractivity contribution in [2.75, 3.05) is 34.0 Å². The minimum atomic E-state index is -0.0365. The lowest BCUT2D eigenvalue weighted by Gasteiger charge is -2.05. The van der Waals surface area contributed by atoms with Crippen molar-refractivity contribution in [2.24, 2.45) is 4.99 Å². The minimum absolute atomic E-state index is 0.0365. The number of carbonyl (C=O) groups is 1. The summed E-state index contributed by atoms with van der Waals surface area (Å²) in [5.74, 6) is 0.705. The first kappa shape index (κ1) is 19.7. The van der Waals surface area contributed by atoms with Crippen molar-refractivity contribution in [2.45, 2.75) is 19.8 Å². The molecule has 0 saturated heterocycles. The molecule has 0 atom stereocenters. The second-order valence-electron chi connectivity index (χ2n) is 6.61. The van der Waals surface area contributed by atoms with E-state index in [0.29, 0.717) is 18.9 Å². The molecule has 0 saturated carbocycles. The predicted octanol–water partition coefficient (Wildman–Crippen LogP) is 5.00. The number of methoxy groups -OCH3 is 1. The lowest BCUT2D eigenvalue weighted by Crippen LogP contribution is -2.25. The summed E-state index contributed by atoms with van der Waals surface area (Å²) in [6.07, 6.45) is 3.97. The van der Waals surface area contributed by atoms with Crippen LogP contribution in [0.1, 0.15) is 23.1 Å². The number of aliphatic imine (C=N–C) groups is 1. The zero-order valence-corrected chi connectivity index (χ0v) is 18.6. The van der Waals surface area contributed by atoms with Gasteiger partial charge in [0.2, 0.25) is 0 Å². The van der Waals surface area contributed by atoms with Crippen molar-refractivity contribution in [1.29, 1.82) is 0 Å². The van der Waals surface area contributed by atoms with Gasteiger partial charge in [-0.2, -0.15) is 0 Å². The fraction of sp³-hybridized carbons (Fsp3) is 0.400. The van der Waals surface area contributed by atoms with E-state index >= 15 is 0 Å². The third kappa shape index (κ3) is 3.92. The van der Waals surface area contributed by atoms with Gasteiger partial charge in [-0.05, 0) is 38.0 Å².